The Hall–Kier alpha value is -1.35. The minimum absolute atomic E-state index is 0.0716. The van der Waals surface area contributed by atoms with Gasteiger partial charge >= 0.3 is 5.97 Å². The maximum atomic E-state index is 11.2. The van der Waals surface area contributed by atoms with Gasteiger partial charge in [0.25, 0.3) is 0 Å². The molecule has 1 aliphatic rings. The van der Waals surface area contributed by atoms with Crippen LogP contribution in [0, 0.1) is 12.8 Å². The Morgan fingerprint density at radius 2 is 2.24 bits per heavy atom. The average Bonchev–Trinajstić information content (AvgIpc) is 2.32. The highest BCUT2D eigenvalue weighted by molar-refractivity contribution is 5.71. The van der Waals surface area contributed by atoms with E-state index >= 15 is 0 Å². The number of rotatable bonds is 3. The molecule has 0 saturated carbocycles. The normalized spacial score (nSPS) is 24.5. The maximum absolute atomic E-state index is 11.2. The number of hydrogen-bond donors (Lipinski definition) is 2. The van der Waals surface area contributed by atoms with Crippen LogP contribution < -0.4 is 5.32 Å². The number of aryl methyl sites for hydroxylation is 1. The summed E-state index contributed by atoms with van der Waals surface area (Å²) < 4.78 is 0. The molecule has 2 unspecified atom stereocenters. The second-order valence-corrected chi connectivity index (χ2v) is 4.78. The standard InChI is InChI=1S/C14H19NO2/c1-10-5-2-3-6-11(10)9-13-12(14(16)17)7-4-8-15-13/h2-3,5-6,12-13,15H,4,7-9H2,1H3,(H,16,17). The third-order valence-corrected chi connectivity index (χ3v) is 3.60. The van der Waals surface area contributed by atoms with Gasteiger partial charge in [-0.05, 0) is 43.9 Å². The van der Waals surface area contributed by atoms with E-state index in [2.05, 4.69) is 24.4 Å². The summed E-state index contributed by atoms with van der Waals surface area (Å²) in [5, 5.41) is 12.6. The molecule has 1 fully saturated rings. The number of aliphatic carboxylic acids is 1. The zero-order valence-electron chi connectivity index (χ0n) is 10.1. The number of carboxylic acids is 1. The first-order valence-corrected chi connectivity index (χ1v) is 6.19. The van der Waals surface area contributed by atoms with E-state index in [4.69, 9.17) is 0 Å². The van der Waals surface area contributed by atoms with Crippen LogP contribution in [0.4, 0.5) is 0 Å². The van der Waals surface area contributed by atoms with E-state index in [0.29, 0.717) is 0 Å². The van der Waals surface area contributed by atoms with Gasteiger partial charge in [0.2, 0.25) is 0 Å². The molecule has 1 aliphatic heterocycles. The van der Waals surface area contributed by atoms with Gasteiger partial charge in [-0.15, -0.1) is 0 Å². The van der Waals surface area contributed by atoms with Crippen molar-refractivity contribution in [1.29, 1.82) is 0 Å². The third kappa shape index (κ3) is 2.86. The smallest absolute Gasteiger partial charge is 0.308 e. The molecular weight excluding hydrogens is 214 g/mol. The van der Waals surface area contributed by atoms with Gasteiger partial charge in [0.15, 0.2) is 0 Å². The van der Waals surface area contributed by atoms with Crippen LogP contribution in [-0.2, 0) is 11.2 Å². The zero-order valence-corrected chi connectivity index (χ0v) is 10.1. The lowest BCUT2D eigenvalue weighted by Gasteiger charge is -2.30. The van der Waals surface area contributed by atoms with Crippen LogP contribution in [0.1, 0.15) is 24.0 Å². The van der Waals surface area contributed by atoms with Gasteiger partial charge in [0, 0.05) is 6.04 Å². The van der Waals surface area contributed by atoms with Crippen molar-refractivity contribution in [3.8, 4) is 0 Å². The second-order valence-electron chi connectivity index (χ2n) is 4.78. The van der Waals surface area contributed by atoms with Gasteiger partial charge in [-0.1, -0.05) is 24.3 Å². The molecule has 17 heavy (non-hydrogen) atoms. The first-order valence-electron chi connectivity index (χ1n) is 6.19. The Kier molecular flexibility index (Phi) is 3.79. The van der Waals surface area contributed by atoms with Crippen molar-refractivity contribution >= 4 is 5.97 Å². The first-order chi connectivity index (χ1) is 8.18. The van der Waals surface area contributed by atoms with Gasteiger partial charge in [0.05, 0.1) is 5.92 Å². The molecular formula is C14H19NO2. The number of benzene rings is 1. The van der Waals surface area contributed by atoms with Crippen LogP contribution in [0.5, 0.6) is 0 Å². The molecule has 0 spiro atoms. The van der Waals surface area contributed by atoms with E-state index in [-0.39, 0.29) is 12.0 Å². The SMILES string of the molecule is Cc1ccccc1CC1NCCCC1C(=O)O. The van der Waals surface area contributed by atoms with E-state index < -0.39 is 5.97 Å². The Morgan fingerprint density at radius 1 is 1.47 bits per heavy atom. The van der Waals surface area contributed by atoms with Gasteiger partial charge < -0.3 is 10.4 Å². The quantitative estimate of drug-likeness (QED) is 0.839. The molecule has 1 saturated heterocycles. The Labute approximate surface area is 102 Å². The van der Waals surface area contributed by atoms with Crippen LogP contribution in [0.25, 0.3) is 0 Å². The summed E-state index contributed by atoms with van der Waals surface area (Å²) in [4.78, 5) is 11.2. The highest BCUT2D eigenvalue weighted by Crippen LogP contribution is 2.21. The van der Waals surface area contributed by atoms with Gasteiger partial charge in [-0.3, -0.25) is 4.79 Å². The number of carbonyl (C=O) groups is 1. The molecule has 2 N–H and O–H groups in total. The molecule has 1 aromatic rings. The van der Waals surface area contributed by atoms with Crippen LogP contribution in [-0.4, -0.2) is 23.7 Å². The van der Waals surface area contributed by atoms with E-state index in [0.717, 1.165) is 25.8 Å². The van der Waals surface area contributed by atoms with Crippen LogP contribution in [0.2, 0.25) is 0 Å². The second kappa shape index (κ2) is 5.32. The zero-order chi connectivity index (χ0) is 12.3. The first kappa shape index (κ1) is 12.1. The minimum atomic E-state index is -0.671. The maximum Gasteiger partial charge on any atom is 0.308 e. The lowest BCUT2D eigenvalue weighted by Crippen LogP contribution is -2.46. The summed E-state index contributed by atoms with van der Waals surface area (Å²) in [6.07, 6.45) is 2.56. The predicted molar refractivity (Wildman–Crippen MR) is 67.0 cm³/mol. The summed E-state index contributed by atoms with van der Waals surface area (Å²) in [6, 6.07) is 8.27. The third-order valence-electron chi connectivity index (χ3n) is 3.60. The fraction of sp³-hybridized carbons (Fsp3) is 0.500. The summed E-state index contributed by atoms with van der Waals surface area (Å²) in [5.74, 6) is -0.917. The van der Waals surface area contributed by atoms with E-state index in [1.807, 2.05) is 12.1 Å². The van der Waals surface area contributed by atoms with Gasteiger partial charge in [-0.2, -0.15) is 0 Å². The van der Waals surface area contributed by atoms with Crippen molar-refractivity contribution in [2.45, 2.75) is 32.2 Å². The molecule has 1 heterocycles. The topological polar surface area (TPSA) is 49.3 Å². The van der Waals surface area contributed by atoms with Crippen LogP contribution in [0.3, 0.4) is 0 Å². The molecule has 3 heteroatoms. The lowest BCUT2D eigenvalue weighted by molar-refractivity contribution is -0.143. The van der Waals surface area contributed by atoms with E-state index in [9.17, 15) is 9.90 Å². The molecule has 0 aliphatic carbocycles. The summed E-state index contributed by atoms with van der Waals surface area (Å²) in [5.41, 5.74) is 2.49. The molecule has 0 bridgehead atoms. The highest BCUT2D eigenvalue weighted by Gasteiger charge is 2.30. The Bertz CT molecular complexity index is 403. The largest absolute Gasteiger partial charge is 0.481 e. The number of hydrogen-bond acceptors (Lipinski definition) is 2. The van der Waals surface area contributed by atoms with Crippen molar-refractivity contribution in [1.82, 2.24) is 5.32 Å². The lowest BCUT2D eigenvalue weighted by atomic mass is 9.86. The monoisotopic (exact) mass is 233 g/mol. The fourth-order valence-electron chi connectivity index (χ4n) is 2.54. The highest BCUT2D eigenvalue weighted by atomic mass is 16.4. The summed E-state index contributed by atoms with van der Waals surface area (Å²) >= 11 is 0. The number of piperidine rings is 1. The molecule has 0 amide bonds. The number of carboxylic acid groups (broad SMARTS) is 1. The molecule has 0 radical (unpaired) electrons. The molecule has 2 atom stereocenters. The van der Waals surface area contributed by atoms with Crippen molar-refractivity contribution < 1.29 is 9.90 Å². The van der Waals surface area contributed by atoms with Crippen LogP contribution in [0.15, 0.2) is 24.3 Å². The summed E-state index contributed by atoms with van der Waals surface area (Å²) in [7, 11) is 0. The van der Waals surface area contributed by atoms with Crippen molar-refractivity contribution in [2.75, 3.05) is 6.54 Å². The molecule has 3 nitrogen and oxygen atoms in total. The summed E-state index contributed by atoms with van der Waals surface area (Å²) in [6.45, 7) is 3.01. The fourth-order valence-corrected chi connectivity index (χ4v) is 2.54. The minimum Gasteiger partial charge on any atom is -0.481 e. The average molecular weight is 233 g/mol. The predicted octanol–water partition coefficient (Wildman–Crippen LogP) is 1.99. The molecule has 0 aromatic heterocycles. The molecule has 92 valence electrons. The van der Waals surface area contributed by atoms with Crippen molar-refractivity contribution in [3.63, 3.8) is 0 Å². The molecule has 2 rings (SSSR count). The Morgan fingerprint density at radius 3 is 2.94 bits per heavy atom. The Balaban J connectivity index is 2.11. The van der Waals surface area contributed by atoms with Gasteiger partial charge in [0.1, 0.15) is 0 Å². The molecule has 1 aromatic carbocycles. The van der Waals surface area contributed by atoms with Crippen LogP contribution >= 0.6 is 0 Å². The van der Waals surface area contributed by atoms with E-state index in [1.165, 1.54) is 11.1 Å². The van der Waals surface area contributed by atoms with Gasteiger partial charge in [-0.25, -0.2) is 0 Å². The number of nitrogens with one attached hydrogen (secondary N) is 1. The van der Waals surface area contributed by atoms with E-state index in [1.54, 1.807) is 0 Å². The van der Waals surface area contributed by atoms with Crippen molar-refractivity contribution in [3.05, 3.63) is 35.4 Å². The van der Waals surface area contributed by atoms with Crippen molar-refractivity contribution in [2.24, 2.45) is 5.92 Å².